The van der Waals surface area contributed by atoms with Gasteiger partial charge in [-0.15, -0.1) is 0 Å². The van der Waals surface area contributed by atoms with Gasteiger partial charge in [-0.3, -0.25) is 9.69 Å². The average molecular weight is 526 g/mol. The zero-order valence-electron chi connectivity index (χ0n) is 23.0. The molecule has 0 radical (unpaired) electrons. The second-order valence-electron chi connectivity index (χ2n) is 10.4. The van der Waals surface area contributed by atoms with Crippen LogP contribution in [0.5, 0.6) is 5.75 Å². The second kappa shape index (κ2) is 13.0. The summed E-state index contributed by atoms with van der Waals surface area (Å²) in [5, 5.41) is 4.41. The molecule has 5 rings (SSSR count). The Kier molecular flexibility index (Phi) is 8.96. The van der Waals surface area contributed by atoms with E-state index in [9.17, 15) is 4.79 Å². The number of hydrogen-bond donors (Lipinski definition) is 1. The molecule has 0 saturated carbocycles. The zero-order valence-corrected chi connectivity index (χ0v) is 23.0. The number of carbonyl (C=O) groups is 1. The first-order valence-corrected chi connectivity index (χ1v) is 13.9. The molecule has 0 spiro atoms. The molecule has 1 aliphatic heterocycles. The first-order chi connectivity index (χ1) is 19.1. The number of amides is 1. The lowest BCUT2D eigenvalue weighted by atomic mass is 9.80. The minimum Gasteiger partial charge on any atom is -0.497 e. The smallest absolute Gasteiger partial charge is 0.220 e. The number of nitrogens with one attached hydrogen (secondary N) is 1. The van der Waals surface area contributed by atoms with Crippen LogP contribution in [-0.4, -0.2) is 61.9 Å². The van der Waals surface area contributed by atoms with Gasteiger partial charge in [0.05, 0.1) is 20.3 Å². The Hall–Kier alpha value is -3.61. The minimum absolute atomic E-state index is 0.0396. The van der Waals surface area contributed by atoms with E-state index in [0.29, 0.717) is 13.0 Å². The van der Waals surface area contributed by atoms with Gasteiger partial charge in [-0.25, -0.2) is 0 Å². The molecule has 6 heteroatoms. The molecule has 1 aliphatic rings. The summed E-state index contributed by atoms with van der Waals surface area (Å²) in [7, 11) is 1.69. The van der Waals surface area contributed by atoms with E-state index in [1.165, 1.54) is 27.6 Å². The molecule has 2 heterocycles. The van der Waals surface area contributed by atoms with Gasteiger partial charge < -0.3 is 19.4 Å². The number of morpholine rings is 1. The van der Waals surface area contributed by atoms with Gasteiger partial charge in [-0.05, 0) is 40.8 Å². The monoisotopic (exact) mass is 525 g/mol. The van der Waals surface area contributed by atoms with Crippen molar-refractivity contribution < 1.29 is 14.3 Å². The van der Waals surface area contributed by atoms with Crippen LogP contribution in [0.2, 0.25) is 0 Å². The summed E-state index contributed by atoms with van der Waals surface area (Å²) in [6, 6.07) is 27.3. The summed E-state index contributed by atoms with van der Waals surface area (Å²) in [4.78, 5) is 15.7. The number of methoxy groups -OCH3 is 1. The van der Waals surface area contributed by atoms with E-state index in [1.54, 1.807) is 7.11 Å². The molecule has 204 valence electrons. The van der Waals surface area contributed by atoms with Gasteiger partial charge >= 0.3 is 0 Å². The van der Waals surface area contributed by atoms with Crippen LogP contribution in [0.1, 0.15) is 41.9 Å². The Morgan fingerprint density at radius 3 is 2.44 bits per heavy atom. The SMILES string of the molecule is COc1ccc(Cn2cc([C@H](CC(=O)NCCN3CCOCC3)[C@@H](C)c3ccccc3)c3ccccc32)cc1. The van der Waals surface area contributed by atoms with Crippen LogP contribution >= 0.6 is 0 Å². The predicted octanol–water partition coefficient (Wildman–Crippen LogP) is 5.42. The molecule has 3 aromatic carbocycles. The van der Waals surface area contributed by atoms with Gasteiger partial charge in [0.2, 0.25) is 5.91 Å². The maximum Gasteiger partial charge on any atom is 0.220 e. The van der Waals surface area contributed by atoms with Crippen molar-refractivity contribution in [2.45, 2.75) is 31.7 Å². The van der Waals surface area contributed by atoms with Crippen molar-refractivity contribution in [3.8, 4) is 5.75 Å². The topological polar surface area (TPSA) is 55.7 Å². The number of para-hydroxylation sites is 1. The van der Waals surface area contributed by atoms with E-state index in [4.69, 9.17) is 9.47 Å². The number of benzene rings is 3. The highest BCUT2D eigenvalue weighted by molar-refractivity contribution is 5.86. The summed E-state index contributed by atoms with van der Waals surface area (Å²) in [6.45, 7) is 7.91. The molecule has 0 bridgehead atoms. The predicted molar refractivity (Wildman–Crippen MR) is 157 cm³/mol. The Morgan fingerprint density at radius 1 is 0.974 bits per heavy atom. The lowest BCUT2D eigenvalue weighted by Gasteiger charge is -2.27. The van der Waals surface area contributed by atoms with Crippen molar-refractivity contribution in [2.75, 3.05) is 46.5 Å². The Bertz CT molecular complexity index is 1340. The minimum atomic E-state index is 0.0396. The fraction of sp³-hybridized carbons (Fsp3) is 0.364. The molecule has 2 atom stereocenters. The number of aromatic nitrogens is 1. The van der Waals surface area contributed by atoms with Gasteiger partial charge in [0, 0.05) is 62.2 Å². The molecule has 6 nitrogen and oxygen atoms in total. The van der Waals surface area contributed by atoms with Crippen LogP contribution in [0.4, 0.5) is 0 Å². The largest absolute Gasteiger partial charge is 0.497 e. The van der Waals surface area contributed by atoms with Crippen molar-refractivity contribution in [1.82, 2.24) is 14.8 Å². The quantitative estimate of drug-likeness (QED) is 0.284. The Labute approximate surface area is 231 Å². The molecule has 4 aromatic rings. The normalized spacial score (nSPS) is 15.6. The van der Waals surface area contributed by atoms with Crippen LogP contribution in [0.3, 0.4) is 0 Å². The van der Waals surface area contributed by atoms with Gasteiger partial charge in [0.15, 0.2) is 0 Å². The van der Waals surface area contributed by atoms with E-state index in [2.05, 4.69) is 88.6 Å². The molecule has 1 amide bonds. The van der Waals surface area contributed by atoms with Gasteiger partial charge in [0.1, 0.15) is 5.75 Å². The summed E-state index contributed by atoms with van der Waals surface area (Å²) in [5.74, 6) is 1.17. The second-order valence-corrected chi connectivity index (χ2v) is 10.4. The summed E-state index contributed by atoms with van der Waals surface area (Å²) >= 11 is 0. The third kappa shape index (κ3) is 6.70. The highest BCUT2D eigenvalue weighted by Crippen LogP contribution is 2.40. The molecule has 1 N–H and O–H groups in total. The van der Waals surface area contributed by atoms with Crippen molar-refractivity contribution in [3.63, 3.8) is 0 Å². The number of rotatable bonds is 11. The summed E-state index contributed by atoms with van der Waals surface area (Å²) in [5.41, 5.74) is 4.85. The van der Waals surface area contributed by atoms with Crippen LogP contribution < -0.4 is 10.1 Å². The lowest BCUT2D eigenvalue weighted by Crippen LogP contribution is -2.41. The molecule has 0 aliphatic carbocycles. The van der Waals surface area contributed by atoms with E-state index in [0.717, 1.165) is 45.1 Å². The first-order valence-electron chi connectivity index (χ1n) is 13.9. The maximum absolute atomic E-state index is 13.3. The van der Waals surface area contributed by atoms with Crippen LogP contribution in [0, 0.1) is 0 Å². The summed E-state index contributed by atoms with van der Waals surface area (Å²) in [6.07, 6.45) is 2.70. The fourth-order valence-electron chi connectivity index (χ4n) is 5.62. The standard InChI is InChI=1S/C33H39N3O3/c1-25(27-8-4-3-5-9-27)30(22-33(37)34-16-17-35-18-20-39-21-19-35)31-24-36(32-11-7-6-10-29(31)32)23-26-12-14-28(38-2)15-13-26/h3-15,24-25,30H,16-23H2,1-2H3,(H,34,37)/t25-,30+/m0/s1. The molecule has 1 aromatic heterocycles. The third-order valence-corrected chi connectivity index (χ3v) is 7.92. The van der Waals surface area contributed by atoms with Gasteiger partial charge in [0.25, 0.3) is 0 Å². The van der Waals surface area contributed by atoms with Crippen LogP contribution in [0.15, 0.2) is 85.1 Å². The Balaban J connectivity index is 1.41. The molecule has 39 heavy (non-hydrogen) atoms. The maximum atomic E-state index is 13.3. The lowest BCUT2D eigenvalue weighted by molar-refractivity contribution is -0.121. The van der Waals surface area contributed by atoms with E-state index in [-0.39, 0.29) is 17.7 Å². The van der Waals surface area contributed by atoms with E-state index >= 15 is 0 Å². The van der Waals surface area contributed by atoms with Crippen molar-refractivity contribution in [3.05, 3.63) is 102 Å². The number of nitrogens with zero attached hydrogens (tertiary/aromatic N) is 2. The zero-order chi connectivity index (χ0) is 27.0. The highest BCUT2D eigenvalue weighted by atomic mass is 16.5. The highest BCUT2D eigenvalue weighted by Gasteiger charge is 2.27. The van der Waals surface area contributed by atoms with Gasteiger partial charge in [-0.1, -0.05) is 67.6 Å². The molecule has 1 saturated heterocycles. The molecule has 1 fully saturated rings. The molecular weight excluding hydrogens is 486 g/mol. The average Bonchev–Trinajstić information content (AvgIpc) is 3.35. The molecule has 0 unspecified atom stereocenters. The van der Waals surface area contributed by atoms with E-state index in [1.807, 2.05) is 18.2 Å². The van der Waals surface area contributed by atoms with Gasteiger partial charge in [-0.2, -0.15) is 0 Å². The number of hydrogen-bond acceptors (Lipinski definition) is 4. The summed E-state index contributed by atoms with van der Waals surface area (Å²) < 4.78 is 13.1. The van der Waals surface area contributed by atoms with Crippen molar-refractivity contribution in [1.29, 1.82) is 0 Å². The number of ether oxygens (including phenoxy) is 2. The fourth-order valence-corrected chi connectivity index (χ4v) is 5.62. The van der Waals surface area contributed by atoms with Crippen LogP contribution in [0.25, 0.3) is 10.9 Å². The number of carbonyl (C=O) groups excluding carboxylic acids is 1. The van der Waals surface area contributed by atoms with E-state index < -0.39 is 0 Å². The first kappa shape index (κ1) is 27.0. The molecular formula is C33H39N3O3. The third-order valence-electron chi connectivity index (χ3n) is 7.92. The Morgan fingerprint density at radius 2 is 1.69 bits per heavy atom. The van der Waals surface area contributed by atoms with Crippen molar-refractivity contribution >= 4 is 16.8 Å². The number of fused-ring (bicyclic) bond motifs is 1. The van der Waals surface area contributed by atoms with Crippen LogP contribution in [-0.2, 0) is 16.1 Å². The van der Waals surface area contributed by atoms with Crippen molar-refractivity contribution in [2.24, 2.45) is 0 Å².